The number of hydrogen-bond acceptors (Lipinski definition) is 4. The van der Waals surface area contributed by atoms with Crippen molar-refractivity contribution >= 4 is 34.6 Å². The van der Waals surface area contributed by atoms with Gasteiger partial charge in [0.15, 0.2) is 0 Å². The average molecular weight is 360 g/mol. The lowest BCUT2D eigenvalue weighted by Gasteiger charge is -2.10. The first-order valence-corrected chi connectivity index (χ1v) is 8.49. The topological polar surface area (TPSA) is 83.1 Å². The van der Waals surface area contributed by atoms with Crippen molar-refractivity contribution in [1.82, 2.24) is 4.98 Å². The van der Waals surface area contributed by atoms with Crippen LogP contribution in [0.4, 0.5) is 22.7 Å². The van der Waals surface area contributed by atoms with Gasteiger partial charge in [0.2, 0.25) is 5.91 Å². The molecule has 0 saturated heterocycles. The van der Waals surface area contributed by atoms with E-state index in [1.807, 2.05) is 37.3 Å². The minimum Gasteiger partial charge on any atom is -0.354 e. The second-order valence-corrected chi connectivity index (χ2v) is 6.08. The van der Waals surface area contributed by atoms with Crippen LogP contribution >= 0.6 is 0 Å². The van der Waals surface area contributed by atoms with Crippen molar-refractivity contribution in [1.29, 1.82) is 0 Å². The van der Waals surface area contributed by atoms with Crippen molar-refractivity contribution in [2.75, 3.05) is 16.0 Å². The zero-order chi connectivity index (χ0) is 19.2. The number of carbonyl (C=O) groups excluding carboxylic acids is 2. The summed E-state index contributed by atoms with van der Waals surface area (Å²) in [7, 11) is 0. The second kappa shape index (κ2) is 8.14. The van der Waals surface area contributed by atoms with E-state index < -0.39 is 0 Å². The average Bonchev–Trinajstić information content (AvgIpc) is 2.65. The number of rotatable bonds is 5. The summed E-state index contributed by atoms with van der Waals surface area (Å²) in [4.78, 5) is 27.6. The van der Waals surface area contributed by atoms with Gasteiger partial charge < -0.3 is 16.0 Å². The van der Waals surface area contributed by atoms with E-state index in [0.717, 1.165) is 16.9 Å². The van der Waals surface area contributed by atoms with Crippen molar-refractivity contribution in [2.24, 2.45) is 0 Å². The minimum atomic E-state index is -0.301. The number of anilines is 4. The van der Waals surface area contributed by atoms with E-state index in [1.54, 1.807) is 36.5 Å². The van der Waals surface area contributed by atoms with Gasteiger partial charge in [0.05, 0.1) is 11.9 Å². The molecular formula is C21H20N4O2. The molecule has 0 saturated carbocycles. The molecule has 1 heterocycles. The van der Waals surface area contributed by atoms with Crippen LogP contribution in [0.1, 0.15) is 23.0 Å². The van der Waals surface area contributed by atoms with E-state index >= 15 is 0 Å². The number of nitrogens with zero attached hydrogens (tertiary/aromatic N) is 1. The van der Waals surface area contributed by atoms with Crippen LogP contribution in [0.25, 0.3) is 0 Å². The fraction of sp³-hybridized carbons (Fsp3) is 0.0952. The highest BCUT2D eigenvalue weighted by Crippen LogP contribution is 2.20. The maximum absolute atomic E-state index is 12.3. The Balaban J connectivity index is 1.63. The summed E-state index contributed by atoms with van der Waals surface area (Å²) in [6, 6.07) is 18.3. The van der Waals surface area contributed by atoms with Crippen LogP contribution in [0.2, 0.25) is 0 Å². The van der Waals surface area contributed by atoms with Crippen LogP contribution < -0.4 is 16.0 Å². The molecule has 0 radical (unpaired) electrons. The lowest BCUT2D eigenvalue weighted by Crippen LogP contribution is -2.13. The largest absolute Gasteiger partial charge is 0.354 e. The number of nitrogens with one attached hydrogen (secondary N) is 3. The van der Waals surface area contributed by atoms with E-state index in [9.17, 15) is 9.59 Å². The molecular weight excluding hydrogens is 340 g/mol. The maximum atomic E-state index is 12.3. The number of aromatic nitrogens is 1. The van der Waals surface area contributed by atoms with Gasteiger partial charge in [-0.25, -0.2) is 4.98 Å². The Morgan fingerprint density at radius 2 is 1.44 bits per heavy atom. The first-order valence-electron chi connectivity index (χ1n) is 8.49. The van der Waals surface area contributed by atoms with Crippen LogP contribution in [0.5, 0.6) is 0 Å². The fourth-order valence-electron chi connectivity index (χ4n) is 2.51. The van der Waals surface area contributed by atoms with Gasteiger partial charge in [-0.2, -0.15) is 0 Å². The molecule has 0 fully saturated rings. The van der Waals surface area contributed by atoms with E-state index in [4.69, 9.17) is 0 Å². The zero-order valence-corrected chi connectivity index (χ0v) is 15.1. The summed E-state index contributed by atoms with van der Waals surface area (Å²) >= 11 is 0. The number of hydrogen-bond donors (Lipinski definition) is 3. The van der Waals surface area contributed by atoms with Gasteiger partial charge >= 0.3 is 0 Å². The first kappa shape index (κ1) is 18.1. The molecule has 0 aliphatic heterocycles. The van der Waals surface area contributed by atoms with E-state index in [0.29, 0.717) is 17.1 Å². The summed E-state index contributed by atoms with van der Waals surface area (Å²) in [6.45, 7) is 3.47. The van der Waals surface area contributed by atoms with Crippen molar-refractivity contribution in [3.63, 3.8) is 0 Å². The van der Waals surface area contributed by atoms with Crippen molar-refractivity contribution in [3.8, 4) is 0 Å². The molecule has 0 aliphatic carbocycles. The van der Waals surface area contributed by atoms with E-state index in [-0.39, 0.29) is 11.8 Å². The van der Waals surface area contributed by atoms with Gasteiger partial charge in [0.25, 0.3) is 5.91 Å². The van der Waals surface area contributed by atoms with Gasteiger partial charge in [-0.3, -0.25) is 9.59 Å². The molecule has 0 spiro atoms. The standard InChI is InChI=1S/C21H20N4O2/c1-14-5-3-4-6-19(14)24-18-11-12-20(22-13-18)21(27)25-17-9-7-16(8-10-17)23-15(2)26/h3-13,24H,1-2H3,(H,23,26)(H,25,27). The normalized spacial score (nSPS) is 10.1. The number of benzene rings is 2. The van der Waals surface area contributed by atoms with Gasteiger partial charge in [0.1, 0.15) is 5.69 Å². The first-order chi connectivity index (χ1) is 13.0. The molecule has 3 rings (SSSR count). The highest BCUT2D eigenvalue weighted by molar-refractivity contribution is 6.03. The Hall–Kier alpha value is -3.67. The Labute approximate surface area is 157 Å². The molecule has 0 bridgehead atoms. The van der Waals surface area contributed by atoms with Crippen LogP contribution in [0.3, 0.4) is 0 Å². The summed E-state index contributed by atoms with van der Waals surface area (Å²) in [5.41, 5.74) is 4.54. The smallest absolute Gasteiger partial charge is 0.274 e. The molecule has 2 aromatic carbocycles. The van der Waals surface area contributed by atoms with Crippen molar-refractivity contribution in [3.05, 3.63) is 78.1 Å². The third-order valence-corrected chi connectivity index (χ3v) is 3.88. The molecule has 6 heteroatoms. The Kier molecular flexibility index (Phi) is 5.47. The Morgan fingerprint density at radius 3 is 2.04 bits per heavy atom. The van der Waals surface area contributed by atoms with Crippen molar-refractivity contribution < 1.29 is 9.59 Å². The maximum Gasteiger partial charge on any atom is 0.274 e. The lowest BCUT2D eigenvalue weighted by atomic mass is 10.2. The molecule has 3 aromatic rings. The monoisotopic (exact) mass is 360 g/mol. The fourth-order valence-corrected chi connectivity index (χ4v) is 2.51. The third kappa shape index (κ3) is 4.92. The molecule has 6 nitrogen and oxygen atoms in total. The van der Waals surface area contributed by atoms with Crippen LogP contribution in [-0.4, -0.2) is 16.8 Å². The van der Waals surface area contributed by atoms with Gasteiger partial charge in [-0.05, 0) is 55.0 Å². The van der Waals surface area contributed by atoms with Gasteiger partial charge in [-0.1, -0.05) is 18.2 Å². The summed E-state index contributed by atoms with van der Waals surface area (Å²) in [5, 5.41) is 8.74. The van der Waals surface area contributed by atoms with E-state index in [2.05, 4.69) is 20.9 Å². The highest BCUT2D eigenvalue weighted by atomic mass is 16.2. The van der Waals surface area contributed by atoms with E-state index in [1.165, 1.54) is 6.92 Å². The summed E-state index contributed by atoms with van der Waals surface area (Å²) in [6.07, 6.45) is 1.63. The number of carbonyl (C=O) groups is 2. The molecule has 0 aliphatic rings. The zero-order valence-electron chi connectivity index (χ0n) is 15.1. The van der Waals surface area contributed by atoms with Crippen molar-refractivity contribution in [2.45, 2.75) is 13.8 Å². The second-order valence-electron chi connectivity index (χ2n) is 6.08. The molecule has 3 N–H and O–H groups in total. The quantitative estimate of drug-likeness (QED) is 0.632. The van der Waals surface area contributed by atoms with Crippen LogP contribution in [0, 0.1) is 6.92 Å². The molecule has 136 valence electrons. The minimum absolute atomic E-state index is 0.143. The number of pyridine rings is 1. The number of amides is 2. The lowest BCUT2D eigenvalue weighted by molar-refractivity contribution is -0.114. The molecule has 2 amide bonds. The molecule has 27 heavy (non-hydrogen) atoms. The third-order valence-electron chi connectivity index (χ3n) is 3.88. The summed E-state index contributed by atoms with van der Waals surface area (Å²) < 4.78 is 0. The predicted octanol–water partition coefficient (Wildman–Crippen LogP) is 4.34. The van der Waals surface area contributed by atoms with Crippen LogP contribution in [-0.2, 0) is 4.79 Å². The number of para-hydroxylation sites is 1. The number of aryl methyl sites for hydroxylation is 1. The molecule has 0 atom stereocenters. The summed E-state index contributed by atoms with van der Waals surface area (Å²) in [5.74, 6) is -0.444. The SMILES string of the molecule is CC(=O)Nc1ccc(NC(=O)c2ccc(Nc3ccccc3C)cn2)cc1. The Morgan fingerprint density at radius 1 is 0.815 bits per heavy atom. The Bertz CT molecular complexity index is 951. The van der Waals surface area contributed by atoms with Crippen LogP contribution in [0.15, 0.2) is 66.9 Å². The molecule has 1 aromatic heterocycles. The molecule has 0 unspecified atom stereocenters. The predicted molar refractivity (Wildman–Crippen MR) is 107 cm³/mol. The van der Waals surface area contributed by atoms with Gasteiger partial charge in [0, 0.05) is 24.0 Å². The highest BCUT2D eigenvalue weighted by Gasteiger charge is 2.08. The van der Waals surface area contributed by atoms with Gasteiger partial charge in [-0.15, -0.1) is 0 Å².